The second-order valence-electron chi connectivity index (χ2n) is 2.24. The molecule has 0 unspecified atom stereocenters. The Bertz CT molecular complexity index is 235. The number of hydrogen-bond donors (Lipinski definition) is 2. The summed E-state index contributed by atoms with van der Waals surface area (Å²) in [7, 11) is 1.66. The number of nitrogens with one attached hydrogen (secondary N) is 2. The van der Waals surface area contributed by atoms with E-state index >= 15 is 0 Å². The van der Waals surface area contributed by atoms with Gasteiger partial charge in [0.1, 0.15) is 4.99 Å². The van der Waals surface area contributed by atoms with E-state index in [0.717, 1.165) is 12.1 Å². The molecule has 2 N–H and O–H groups in total. The Labute approximate surface area is 76.3 Å². The van der Waals surface area contributed by atoms with Crippen molar-refractivity contribution in [1.82, 2.24) is 15.5 Å². The molecule has 12 heavy (non-hydrogen) atoms. The van der Waals surface area contributed by atoms with Gasteiger partial charge in [0.05, 0.1) is 12.8 Å². The van der Waals surface area contributed by atoms with Crippen LogP contribution in [0.5, 0.6) is 0 Å². The highest BCUT2D eigenvalue weighted by Gasteiger charge is 1.99. The smallest absolute Gasteiger partial charge is 0.109 e. The van der Waals surface area contributed by atoms with Gasteiger partial charge in [0, 0.05) is 25.4 Å². The van der Waals surface area contributed by atoms with Crippen LogP contribution in [-0.2, 0) is 4.74 Å². The number of ether oxygens (including phenoxy) is 1. The fourth-order valence-electron chi connectivity index (χ4n) is 0.744. The lowest BCUT2D eigenvalue weighted by molar-refractivity contribution is 0.204. The summed E-state index contributed by atoms with van der Waals surface area (Å²) in [5.74, 6) is 0. The average Bonchev–Trinajstić information content (AvgIpc) is 2.56. The zero-order chi connectivity index (χ0) is 8.81. The Morgan fingerprint density at radius 1 is 1.83 bits per heavy atom. The highest BCUT2D eigenvalue weighted by molar-refractivity contribution is 7.80. The highest BCUT2D eigenvalue weighted by atomic mass is 32.1. The largest absolute Gasteiger partial charge is 0.383 e. The van der Waals surface area contributed by atoms with Crippen LogP contribution in [0.15, 0.2) is 12.4 Å². The number of H-pyrrole nitrogens is 1. The summed E-state index contributed by atoms with van der Waals surface area (Å²) in [5.41, 5.74) is 0.904. The quantitative estimate of drug-likeness (QED) is 0.524. The van der Waals surface area contributed by atoms with Gasteiger partial charge in [-0.25, -0.2) is 0 Å². The molecule has 1 aromatic heterocycles. The lowest BCUT2D eigenvalue weighted by Crippen LogP contribution is -2.25. The molecule has 0 aliphatic carbocycles. The molecule has 0 amide bonds. The van der Waals surface area contributed by atoms with Crippen molar-refractivity contribution in [2.75, 3.05) is 20.3 Å². The summed E-state index contributed by atoms with van der Waals surface area (Å²) in [6.07, 6.45) is 3.43. The topological polar surface area (TPSA) is 49.9 Å². The fourth-order valence-corrected chi connectivity index (χ4v) is 0.957. The van der Waals surface area contributed by atoms with E-state index in [4.69, 9.17) is 17.0 Å². The SMILES string of the molecule is COCCNC(=S)c1cn[nH]c1. The van der Waals surface area contributed by atoms with Crippen molar-refractivity contribution in [1.29, 1.82) is 0 Å². The first-order valence-electron chi connectivity index (χ1n) is 3.60. The van der Waals surface area contributed by atoms with Gasteiger partial charge in [-0.1, -0.05) is 12.2 Å². The standard InChI is InChI=1S/C7H11N3OS/c1-11-3-2-8-7(12)6-4-9-10-5-6/h4-5H,2-3H2,1H3,(H,8,12)(H,9,10). The number of aromatic amines is 1. The van der Waals surface area contributed by atoms with Gasteiger partial charge in [0.15, 0.2) is 0 Å². The number of rotatable bonds is 4. The summed E-state index contributed by atoms with van der Waals surface area (Å²) in [6, 6.07) is 0. The third-order valence-electron chi connectivity index (χ3n) is 1.35. The van der Waals surface area contributed by atoms with Crippen LogP contribution in [0.1, 0.15) is 5.56 Å². The van der Waals surface area contributed by atoms with Gasteiger partial charge in [-0.2, -0.15) is 5.10 Å². The molecule has 4 nitrogen and oxygen atoms in total. The van der Waals surface area contributed by atoms with Crippen LogP contribution in [0, 0.1) is 0 Å². The molecule has 0 saturated carbocycles. The van der Waals surface area contributed by atoms with Crippen molar-refractivity contribution < 1.29 is 4.74 Å². The number of hydrogen-bond acceptors (Lipinski definition) is 3. The molecule has 66 valence electrons. The first kappa shape index (κ1) is 9.15. The van der Waals surface area contributed by atoms with Gasteiger partial charge in [0.25, 0.3) is 0 Å². The van der Waals surface area contributed by atoms with Crippen molar-refractivity contribution in [2.24, 2.45) is 0 Å². The van der Waals surface area contributed by atoms with Crippen LogP contribution in [0.3, 0.4) is 0 Å². The molecule has 5 heteroatoms. The zero-order valence-electron chi connectivity index (χ0n) is 6.83. The van der Waals surface area contributed by atoms with Gasteiger partial charge in [0.2, 0.25) is 0 Å². The summed E-state index contributed by atoms with van der Waals surface area (Å²) in [5, 5.41) is 9.51. The monoisotopic (exact) mass is 185 g/mol. The molecule has 0 bridgehead atoms. The molecule has 1 aromatic rings. The van der Waals surface area contributed by atoms with Crippen molar-refractivity contribution >= 4 is 17.2 Å². The Morgan fingerprint density at radius 2 is 2.67 bits per heavy atom. The normalized spacial score (nSPS) is 9.75. The minimum atomic E-state index is 0.651. The van der Waals surface area contributed by atoms with Crippen LogP contribution in [0.25, 0.3) is 0 Å². The fraction of sp³-hybridized carbons (Fsp3) is 0.429. The molecule has 0 aliphatic rings. The van der Waals surface area contributed by atoms with E-state index in [1.165, 1.54) is 0 Å². The van der Waals surface area contributed by atoms with E-state index in [1.54, 1.807) is 19.5 Å². The van der Waals surface area contributed by atoms with E-state index in [2.05, 4.69) is 15.5 Å². The van der Waals surface area contributed by atoms with Gasteiger partial charge in [-0.05, 0) is 0 Å². The molecule has 1 rings (SSSR count). The maximum atomic E-state index is 5.06. The van der Waals surface area contributed by atoms with Crippen LogP contribution in [0.4, 0.5) is 0 Å². The van der Waals surface area contributed by atoms with Crippen molar-refractivity contribution in [2.45, 2.75) is 0 Å². The maximum Gasteiger partial charge on any atom is 0.109 e. The van der Waals surface area contributed by atoms with E-state index < -0.39 is 0 Å². The van der Waals surface area contributed by atoms with Gasteiger partial charge in [-0.3, -0.25) is 5.10 Å². The van der Waals surface area contributed by atoms with E-state index in [9.17, 15) is 0 Å². The number of methoxy groups -OCH3 is 1. The molecular weight excluding hydrogens is 174 g/mol. The maximum absolute atomic E-state index is 5.06. The number of thiocarbonyl (C=S) groups is 1. The molecular formula is C7H11N3OS. The van der Waals surface area contributed by atoms with Gasteiger partial charge < -0.3 is 10.1 Å². The Morgan fingerprint density at radius 3 is 3.25 bits per heavy atom. The van der Waals surface area contributed by atoms with Gasteiger partial charge in [-0.15, -0.1) is 0 Å². The Balaban J connectivity index is 2.30. The summed E-state index contributed by atoms with van der Waals surface area (Å²) in [6.45, 7) is 1.37. The van der Waals surface area contributed by atoms with Crippen LogP contribution in [0.2, 0.25) is 0 Å². The third-order valence-corrected chi connectivity index (χ3v) is 1.73. The van der Waals surface area contributed by atoms with Crippen molar-refractivity contribution in [3.8, 4) is 0 Å². The summed E-state index contributed by atoms with van der Waals surface area (Å²) in [4.78, 5) is 0.695. The first-order chi connectivity index (χ1) is 5.84. The average molecular weight is 185 g/mol. The Hall–Kier alpha value is -0.940. The zero-order valence-corrected chi connectivity index (χ0v) is 7.65. The van der Waals surface area contributed by atoms with E-state index in [0.29, 0.717) is 11.6 Å². The third kappa shape index (κ3) is 2.60. The molecule has 1 heterocycles. The van der Waals surface area contributed by atoms with Crippen LogP contribution >= 0.6 is 12.2 Å². The molecule has 0 spiro atoms. The van der Waals surface area contributed by atoms with Gasteiger partial charge >= 0.3 is 0 Å². The lowest BCUT2D eigenvalue weighted by atomic mass is 10.3. The van der Waals surface area contributed by atoms with Crippen molar-refractivity contribution in [3.05, 3.63) is 18.0 Å². The summed E-state index contributed by atoms with van der Waals surface area (Å²) >= 11 is 5.06. The number of nitrogens with zero attached hydrogens (tertiary/aromatic N) is 1. The molecule has 0 radical (unpaired) electrons. The summed E-state index contributed by atoms with van der Waals surface area (Å²) < 4.78 is 4.86. The number of aromatic nitrogens is 2. The first-order valence-corrected chi connectivity index (χ1v) is 4.01. The predicted molar refractivity (Wildman–Crippen MR) is 50.2 cm³/mol. The second kappa shape index (κ2) is 4.84. The second-order valence-corrected chi connectivity index (χ2v) is 2.64. The van der Waals surface area contributed by atoms with Crippen LogP contribution < -0.4 is 5.32 Å². The van der Waals surface area contributed by atoms with Crippen molar-refractivity contribution in [3.63, 3.8) is 0 Å². The van der Waals surface area contributed by atoms with E-state index in [-0.39, 0.29) is 0 Å². The highest BCUT2D eigenvalue weighted by Crippen LogP contribution is 1.93. The minimum absolute atomic E-state index is 0.651. The lowest BCUT2D eigenvalue weighted by Gasteiger charge is -2.03. The molecule has 0 atom stereocenters. The van der Waals surface area contributed by atoms with Crippen LogP contribution in [-0.4, -0.2) is 35.4 Å². The minimum Gasteiger partial charge on any atom is -0.383 e. The van der Waals surface area contributed by atoms with E-state index in [1.807, 2.05) is 0 Å². The Kier molecular flexibility index (Phi) is 3.69. The molecule has 0 aromatic carbocycles. The molecule has 0 fully saturated rings. The predicted octanol–water partition coefficient (Wildman–Crippen LogP) is 0.321. The molecule has 0 saturated heterocycles. The molecule has 0 aliphatic heterocycles.